The van der Waals surface area contributed by atoms with Crippen molar-refractivity contribution >= 4 is 46.5 Å². The fourth-order valence-corrected chi connectivity index (χ4v) is 6.99. The van der Waals surface area contributed by atoms with Gasteiger partial charge in [0.15, 0.2) is 6.23 Å². The van der Waals surface area contributed by atoms with Gasteiger partial charge in [-0.15, -0.1) is 0 Å². The summed E-state index contributed by atoms with van der Waals surface area (Å²) in [5, 5.41) is 1.22. The van der Waals surface area contributed by atoms with Crippen molar-refractivity contribution in [3.8, 4) is 5.75 Å². The molecule has 248 valence electrons. The van der Waals surface area contributed by atoms with Crippen molar-refractivity contribution in [2.75, 3.05) is 49.1 Å². The van der Waals surface area contributed by atoms with E-state index in [0.29, 0.717) is 35.9 Å². The normalized spacial score (nSPS) is 17.0. The van der Waals surface area contributed by atoms with Crippen molar-refractivity contribution in [2.45, 2.75) is 86.8 Å². The minimum absolute atomic E-state index is 0.0301. The monoisotopic (exact) mass is 659 g/mol. The van der Waals surface area contributed by atoms with Gasteiger partial charge < -0.3 is 14.4 Å². The lowest BCUT2D eigenvalue weighted by Crippen LogP contribution is -2.50. The van der Waals surface area contributed by atoms with Crippen LogP contribution in [0, 0.1) is 16.7 Å². The number of ether oxygens (including phenoxy) is 2. The van der Waals surface area contributed by atoms with Crippen LogP contribution < -0.4 is 14.5 Å². The molecule has 0 spiro atoms. The first kappa shape index (κ1) is 35.4. The lowest BCUT2D eigenvalue weighted by molar-refractivity contribution is -0.164. The third-order valence-corrected chi connectivity index (χ3v) is 9.36. The van der Waals surface area contributed by atoms with E-state index in [2.05, 4.69) is 30.6 Å². The number of anilines is 2. The van der Waals surface area contributed by atoms with Crippen LogP contribution in [-0.2, 0) is 20.7 Å². The molecule has 1 amide bonds. The summed E-state index contributed by atoms with van der Waals surface area (Å²) in [6.45, 7) is 19.6. The smallest absolute Gasteiger partial charge is 0.313 e. The molecule has 0 bridgehead atoms. The summed E-state index contributed by atoms with van der Waals surface area (Å²) in [7, 11) is 0. The Bertz CT molecular complexity index is 1330. The average molecular weight is 661 g/mol. The number of carbonyl (C=O) groups is 2. The highest BCUT2D eigenvalue weighted by atomic mass is 35.5. The second kappa shape index (κ2) is 15.0. The molecule has 0 aromatic heterocycles. The fourth-order valence-electron chi connectivity index (χ4n) is 6.58. The van der Waals surface area contributed by atoms with Gasteiger partial charge in [-0.2, -0.15) is 0 Å². The molecule has 1 fully saturated rings. The van der Waals surface area contributed by atoms with Crippen LogP contribution in [0.3, 0.4) is 0 Å². The van der Waals surface area contributed by atoms with Gasteiger partial charge in [0.05, 0.1) is 33.4 Å². The highest BCUT2D eigenvalue weighted by Crippen LogP contribution is 2.38. The van der Waals surface area contributed by atoms with Gasteiger partial charge >= 0.3 is 5.97 Å². The summed E-state index contributed by atoms with van der Waals surface area (Å²) < 4.78 is 12.3. The van der Waals surface area contributed by atoms with Crippen LogP contribution in [-0.4, -0.2) is 62.3 Å². The lowest BCUT2D eigenvalue weighted by atomic mass is 9.76. The molecule has 0 aliphatic carbocycles. The third-order valence-electron chi connectivity index (χ3n) is 8.55. The molecule has 1 saturated heterocycles. The molecule has 2 aromatic rings. The van der Waals surface area contributed by atoms with Gasteiger partial charge in [0.2, 0.25) is 5.91 Å². The Morgan fingerprint density at radius 2 is 1.64 bits per heavy atom. The van der Waals surface area contributed by atoms with Crippen molar-refractivity contribution in [1.29, 1.82) is 0 Å². The number of esters is 1. The van der Waals surface area contributed by atoms with E-state index in [4.69, 9.17) is 32.7 Å². The molecule has 2 aromatic carbocycles. The number of carbonyl (C=O) groups excluding carboxylic acids is 2. The van der Waals surface area contributed by atoms with Crippen molar-refractivity contribution in [3.63, 3.8) is 0 Å². The molecule has 9 heteroatoms. The SMILES string of the molecule is CC(C)C(OC(=O)C(C)(C)CC(C)(C)C)N1C(=O)CCc2ccc(OCCCCN3CCN(c4cccc(Cl)c4Cl)CC3)cc21. The molecule has 1 unspecified atom stereocenters. The zero-order valence-electron chi connectivity index (χ0n) is 28.1. The summed E-state index contributed by atoms with van der Waals surface area (Å²) in [6.07, 6.45) is 3.00. The number of hydrogen-bond acceptors (Lipinski definition) is 6. The Kier molecular flexibility index (Phi) is 11.8. The van der Waals surface area contributed by atoms with Gasteiger partial charge in [0.1, 0.15) is 5.75 Å². The van der Waals surface area contributed by atoms with Crippen molar-refractivity contribution in [1.82, 2.24) is 4.90 Å². The van der Waals surface area contributed by atoms with E-state index in [-0.39, 0.29) is 23.2 Å². The maximum Gasteiger partial charge on any atom is 0.313 e. The number of benzene rings is 2. The summed E-state index contributed by atoms with van der Waals surface area (Å²) >= 11 is 12.6. The van der Waals surface area contributed by atoms with E-state index in [1.807, 2.05) is 64.1 Å². The molecule has 2 aliphatic rings. The summed E-state index contributed by atoms with van der Waals surface area (Å²) in [5.74, 6) is 0.334. The fraction of sp³-hybridized carbons (Fsp3) is 0.611. The second-order valence-electron chi connectivity index (χ2n) is 14.7. The van der Waals surface area contributed by atoms with Gasteiger partial charge in [-0.3, -0.25) is 19.4 Å². The number of hydrogen-bond donors (Lipinski definition) is 0. The molecule has 4 rings (SSSR count). The molecule has 1 atom stereocenters. The van der Waals surface area contributed by atoms with Crippen molar-refractivity contribution in [2.24, 2.45) is 16.7 Å². The van der Waals surface area contributed by atoms with Crippen LogP contribution >= 0.6 is 23.2 Å². The van der Waals surface area contributed by atoms with Crippen molar-refractivity contribution < 1.29 is 19.1 Å². The summed E-state index contributed by atoms with van der Waals surface area (Å²) in [5.41, 5.74) is 2.15. The van der Waals surface area contributed by atoms with Gasteiger partial charge in [-0.05, 0) is 75.3 Å². The Labute approximate surface area is 280 Å². The van der Waals surface area contributed by atoms with Crippen LogP contribution in [0.1, 0.15) is 79.7 Å². The Morgan fingerprint density at radius 3 is 2.31 bits per heavy atom. The number of halogens is 2. The minimum atomic E-state index is -0.686. The van der Waals surface area contributed by atoms with Gasteiger partial charge in [-0.1, -0.05) is 70.0 Å². The molecule has 45 heavy (non-hydrogen) atoms. The second-order valence-corrected chi connectivity index (χ2v) is 15.5. The number of piperazine rings is 1. The molecule has 0 N–H and O–H groups in total. The first-order valence-corrected chi connectivity index (χ1v) is 17.1. The van der Waals surface area contributed by atoms with E-state index in [1.165, 1.54) is 0 Å². The molecule has 7 nitrogen and oxygen atoms in total. The molecule has 2 aliphatic heterocycles. The molecular formula is C36H51Cl2N3O4. The first-order chi connectivity index (χ1) is 21.2. The third kappa shape index (κ3) is 9.30. The van der Waals surface area contributed by atoms with E-state index < -0.39 is 11.6 Å². The van der Waals surface area contributed by atoms with Crippen molar-refractivity contribution in [3.05, 3.63) is 52.0 Å². The van der Waals surface area contributed by atoms with Crippen LogP contribution in [0.15, 0.2) is 36.4 Å². The number of amides is 1. The Balaban J connectivity index is 1.31. The minimum Gasteiger partial charge on any atom is -0.494 e. The maximum atomic E-state index is 13.4. The van der Waals surface area contributed by atoms with Crippen LogP contribution in [0.2, 0.25) is 10.0 Å². The molecule has 2 heterocycles. The van der Waals surface area contributed by atoms with Crippen LogP contribution in [0.5, 0.6) is 5.75 Å². The lowest BCUT2D eigenvalue weighted by Gasteiger charge is -2.39. The largest absolute Gasteiger partial charge is 0.494 e. The first-order valence-electron chi connectivity index (χ1n) is 16.4. The van der Waals surface area contributed by atoms with E-state index in [9.17, 15) is 9.59 Å². The predicted octanol–water partition coefficient (Wildman–Crippen LogP) is 8.24. The molecular weight excluding hydrogens is 609 g/mol. The number of nitrogens with zero attached hydrogens (tertiary/aromatic N) is 3. The van der Waals surface area contributed by atoms with E-state index in [0.717, 1.165) is 68.3 Å². The highest BCUT2D eigenvalue weighted by molar-refractivity contribution is 6.43. The van der Waals surface area contributed by atoms with Crippen LogP contribution in [0.4, 0.5) is 11.4 Å². The summed E-state index contributed by atoms with van der Waals surface area (Å²) in [4.78, 5) is 33.2. The van der Waals surface area contributed by atoms with Gasteiger partial charge in [0, 0.05) is 44.6 Å². The van der Waals surface area contributed by atoms with E-state index in [1.54, 1.807) is 4.90 Å². The van der Waals surface area contributed by atoms with Gasteiger partial charge in [-0.25, -0.2) is 0 Å². The topological polar surface area (TPSA) is 62.3 Å². The summed E-state index contributed by atoms with van der Waals surface area (Å²) in [6, 6.07) is 11.8. The average Bonchev–Trinajstić information content (AvgIpc) is 2.96. The maximum absolute atomic E-state index is 13.4. The highest BCUT2D eigenvalue weighted by Gasteiger charge is 2.40. The standard InChI is InChI=1S/C36H51Cl2N3O4/c1-25(2)33(45-34(43)36(6,7)24-35(3,4)5)41-30-23-27(15-13-26(30)14-16-31(41)42)44-22-9-8-17-39-18-20-40(21-19-39)29-12-10-11-28(37)32(29)38/h10-13,15,23,25,33H,8-9,14,16-22,24H2,1-7H3. The Morgan fingerprint density at radius 1 is 0.933 bits per heavy atom. The zero-order chi connectivity index (χ0) is 32.9. The van der Waals surface area contributed by atoms with Gasteiger partial charge in [0.25, 0.3) is 0 Å². The number of rotatable bonds is 12. The van der Waals surface area contributed by atoms with E-state index >= 15 is 0 Å². The predicted molar refractivity (Wildman–Crippen MR) is 185 cm³/mol. The molecule has 0 radical (unpaired) electrons. The number of aryl methyl sites for hydroxylation is 1. The molecule has 0 saturated carbocycles. The Hall–Kier alpha value is -2.48. The number of fused-ring (bicyclic) bond motifs is 1. The zero-order valence-corrected chi connectivity index (χ0v) is 29.6. The van der Waals surface area contributed by atoms with Crippen LogP contribution in [0.25, 0.3) is 0 Å². The number of unbranched alkanes of at least 4 members (excludes halogenated alkanes) is 1. The quantitative estimate of drug-likeness (QED) is 0.169.